The van der Waals surface area contributed by atoms with E-state index in [0.717, 1.165) is 116 Å². The zero-order valence-corrected chi connectivity index (χ0v) is 41.7. The summed E-state index contributed by atoms with van der Waals surface area (Å²) >= 11 is 0. The molecule has 0 aliphatic rings. The fourth-order valence-electron chi connectivity index (χ4n) is 11.0. The Bertz CT molecular complexity index is 4180. The molecule has 0 aliphatic heterocycles. The van der Waals surface area contributed by atoms with Crippen LogP contribution >= 0.6 is 0 Å². The Hall–Kier alpha value is -9.13. The molecule has 0 fully saturated rings. The van der Waals surface area contributed by atoms with E-state index in [-0.39, 0.29) is 17.2 Å². The lowest BCUT2D eigenvalue weighted by atomic mass is 9.92. The van der Waals surface area contributed by atoms with E-state index in [2.05, 4.69) is 108 Å². The highest BCUT2D eigenvalue weighted by atomic mass is 19.4. The van der Waals surface area contributed by atoms with Gasteiger partial charge in [0, 0.05) is 27.1 Å². The summed E-state index contributed by atoms with van der Waals surface area (Å²) in [5.74, 6) is 0. The first-order chi connectivity index (χ1) is 36.5. The summed E-state index contributed by atoms with van der Waals surface area (Å²) < 4.78 is 93.2. The van der Waals surface area contributed by atoms with Crippen molar-refractivity contribution in [2.75, 3.05) is 0 Å². The third-order valence-electron chi connectivity index (χ3n) is 14.6. The molecule has 12 rings (SSSR count). The van der Waals surface area contributed by atoms with E-state index in [1.165, 1.54) is 0 Å². The first-order valence-electron chi connectivity index (χ1n) is 24.8. The number of nitriles is 1. The van der Waals surface area contributed by atoms with Gasteiger partial charge < -0.3 is 9.13 Å². The van der Waals surface area contributed by atoms with Crippen LogP contribution < -0.4 is 0 Å². The number of benzene rings is 10. The van der Waals surface area contributed by atoms with Crippen LogP contribution in [0.4, 0.5) is 26.3 Å². The molecule has 0 bridgehead atoms. The number of rotatable bonds is 7. The number of hydrogen-bond acceptors (Lipinski definition) is 1. The van der Waals surface area contributed by atoms with Crippen LogP contribution in [0.2, 0.25) is 0 Å². The maximum atomic E-state index is 15.4. The van der Waals surface area contributed by atoms with Crippen LogP contribution in [0.15, 0.2) is 200 Å². The van der Waals surface area contributed by atoms with Crippen molar-refractivity contribution in [1.29, 1.82) is 5.26 Å². The third kappa shape index (κ3) is 8.36. The maximum absolute atomic E-state index is 15.4. The SMILES string of the molecule is Cc1cccc(-c2ccc3c4ccc(-c5cccc(C)c5)cc4n(-c4cc(C#N)c(-c5ccc(C(F)(F)F)cc5C(F)(F)F)cc4-n4c5cc(-c6cccc(C)c6)ccc5c5ccc(-c6cccc(C)c6)cc54)c3c2)c1. The van der Waals surface area contributed by atoms with E-state index in [1.54, 1.807) is 12.1 Å². The minimum absolute atomic E-state index is 0.138. The van der Waals surface area contributed by atoms with Gasteiger partial charge in [-0.05, 0) is 126 Å². The van der Waals surface area contributed by atoms with Gasteiger partial charge in [-0.1, -0.05) is 174 Å². The Morgan fingerprint density at radius 2 is 0.684 bits per heavy atom. The minimum Gasteiger partial charge on any atom is -0.307 e. The molecule has 0 N–H and O–H groups in total. The first-order valence-corrected chi connectivity index (χ1v) is 24.8. The number of alkyl halides is 6. The first kappa shape index (κ1) is 47.8. The van der Waals surface area contributed by atoms with Crippen molar-refractivity contribution in [3.8, 4) is 73.1 Å². The molecular weight excluding hydrogens is 961 g/mol. The molecule has 0 spiro atoms. The van der Waals surface area contributed by atoms with Gasteiger partial charge in [-0.25, -0.2) is 0 Å². The molecule has 0 unspecified atom stereocenters. The van der Waals surface area contributed by atoms with Crippen molar-refractivity contribution in [3.05, 3.63) is 239 Å². The summed E-state index contributed by atoms with van der Waals surface area (Å²) in [6, 6.07) is 64.6. The highest BCUT2D eigenvalue weighted by Crippen LogP contribution is 2.47. The van der Waals surface area contributed by atoms with Crippen LogP contribution in [-0.4, -0.2) is 9.13 Å². The second kappa shape index (κ2) is 18.1. The number of fused-ring (bicyclic) bond motifs is 6. The van der Waals surface area contributed by atoms with Crippen molar-refractivity contribution in [2.24, 2.45) is 0 Å². The van der Waals surface area contributed by atoms with E-state index in [9.17, 15) is 18.4 Å². The molecule has 12 aromatic rings. The highest BCUT2D eigenvalue weighted by Gasteiger charge is 2.39. The largest absolute Gasteiger partial charge is 0.417 e. The average Bonchev–Trinajstić information content (AvgIpc) is 4.04. The summed E-state index contributed by atoms with van der Waals surface area (Å²) in [6.07, 6.45) is -10.3. The van der Waals surface area contributed by atoms with Gasteiger partial charge in [0.1, 0.15) is 0 Å². The highest BCUT2D eigenvalue weighted by molar-refractivity contribution is 6.14. The molecule has 0 amide bonds. The van der Waals surface area contributed by atoms with Crippen LogP contribution in [-0.2, 0) is 12.4 Å². The summed E-state index contributed by atoms with van der Waals surface area (Å²) in [5.41, 5.74) is 11.7. The monoisotopic (exact) mass is 1010 g/mol. The van der Waals surface area contributed by atoms with Crippen molar-refractivity contribution in [1.82, 2.24) is 9.13 Å². The molecule has 0 saturated heterocycles. The van der Waals surface area contributed by atoms with Gasteiger partial charge in [-0.3, -0.25) is 0 Å². The maximum Gasteiger partial charge on any atom is 0.417 e. The predicted molar refractivity (Wildman–Crippen MR) is 296 cm³/mol. The molecular formula is C67H45F6N3. The van der Waals surface area contributed by atoms with Crippen LogP contribution in [0.1, 0.15) is 38.9 Å². The van der Waals surface area contributed by atoms with Crippen molar-refractivity contribution in [2.45, 2.75) is 40.0 Å². The number of aromatic nitrogens is 2. The molecule has 0 aliphatic carbocycles. The van der Waals surface area contributed by atoms with E-state index in [4.69, 9.17) is 0 Å². The second-order valence-corrected chi connectivity index (χ2v) is 19.8. The normalized spacial score (nSPS) is 12.1. The fraction of sp³-hybridized carbons (Fsp3) is 0.0896. The number of halogens is 6. The summed E-state index contributed by atoms with van der Waals surface area (Å²) in [7, 11) is 0. The molecule has 10 aromatic carbocycles. The smallest absolute Gasteiger partial charge is 0.307 e. The van der Waals surface area contributed by atoms with Gasteiger partial charge in [0.25, 0.3) is 0 Å². The summed E-state index contributed by atoms with van der Waals surface area (Å²) in [4.78, 5) is 0. The molecule has 0 radical (unpaired) electrons. The lowest BCUT2D eigenvalue weighted by molar-refractivity contribution is -0.142. The van der Waals surface area contributed by atoms with Crippen LogP contribution in [0.25, 0.3) is 111 Å². The molecule has 0 atom stereocenters. The van der Waals surface area contributed by atoms with E-state index >= 15 is 13.2 Å². The number of nitrogens with zero attached hydrogens (tertiary/aromatic N) is 3. The van der Waals surface area contributed by atoms with E-state index in [0.29, 0.717) is 17.4 Å². The molecule has 2 aromatic heterocycles. The van der Waals surface area contributed by atoms with E-state index < -0.39 is 29.0 Å². The molecule has 0 saturated carbocycles. The third-order valence-corrected chi connectivity index (χ3v) is 14.6. The topological polar surface area (TPSA) is 33.6 Å². The van der Waals surface area contributed by atoms with Gasteiger partial charge in [-0.15, -0.1) is 0 Å². The average molecular weight is 1010 g/mol. The molecule has 76 heavy (non-hydrogen) atoms. The Labute approximate surface area is 434 Å². The molecule has 9 heteroatoms. The Balaban J connectivity index is 1.28. The summed E-state index contributed by atoms with van der Waals surface area (Å²) in [6.45, 7) is 8.11. The second-order valence-electron chi connectivity index (χ2n) is 19.8. The van der Waals surface area contributed by atoms with Crippen molar-refractivity contribution < 1.29 is 26.3 Å². The van der Waals surface area contributed by atoms with Gasteiger partial charge in [-0.2, -0.15) is 31.6 Å². The van der Waals surface area contributed by atoms with Crippen molar-refractivity contribution in [3.63, 3.8) is 0 Å². The van der Waals surface area contributed by atoms with Gasteiger partial charge in [0.05, 0.1) is 56.2 Å². The Morgan fingerprint density at radius 1 is 0.342 bits per heavy atom. The van der Waals surface area contributed by atoms with E-state index in [1.807, 2.05) is 105 Å². The van der Waals surface area contributed by atoms with Crippen LogP contribution in [0, 0.1) is 39.0 Å². The van der Waals surface area contributed by atoms with Gasteiger partial charge in [0.2, 0.25) is 0 Å². The molecule has 3 nitrogen and oxygen atoms in total. The zero-order valence-electron chi connectivity index (χ0n) is 41.7. The van der Waals surface area contributed by atoms with Gasteiger partial charge in [0.15, 0.2) is 0 Å². The predicted octanol–water partition coefficient (Wildman–Crippen LogP) is 19.4. The Morgan fingerprint density at radius 3 is 1.00 bits per heavy atom. The standard InChI is InChI=1S/C67H45F6N3/c1-39-9-5-13-43(27-39)47-17-22-54-55-23-18-48(44-14-6-10-40(2)28-44)32-61(55)75(60(54)31-47)64-35-51(38-74)58(53-26-21-52(66(68,69)70)36-59(53)67(71,72)73)37-65(64)76-62-33-49(45-15-7-11-41(3)29-45)19-24-56(62)57-25-20-50(34-63(57)76)46-16-8-12-42(4)30-46/h5-37H,1-4H3. The lowest BCUT2D eigenvalue weighted by Gasteiger charge is -2.22. The minimum atomic E-state index is -5.23. The van der Waals surface area contributed by atoms with Crippen molar-refractivity contribution >= 4 is 43.6 Å². The lowest BCUT2D eigenvalue weighted by Crippen LogP contribution is -2.13. The van der Waals surface area contributed by atoms with Gasteiger partial charge >= 0.3 is 12.4 Å². The fourth-order valence-corrected chi connectivity index (χ4v) is 11.0. The van der Waals surface area contributed by atoms with Crippen LogP contribution in [0.3, 0.4) is 0 Å². The zero-order chi connectivity index (χ0) is 52.8. The quantitative estimate of drug-likeness (QED) is 0.147. The number of aryl methyl sites for hydroxylation is 4. The molecule has 370 valence electrons. The summed E-state index contributed by atoms with van der Waals surface area (Å²) in [5, 5.41) is 14.7. The number of hydrogen-bond donors (Lipinski definition) is 0. The Kier molecular flexibility index (Phi) is 11.4. The van der Waals surface area contributed by atoms with Crippen LogP contribution in [0.5, 0.6) is 0 Å². The molecule has 2 heterocycles.